The number of aliphatic hydroxyl groups is 3. The molecule has 0 aliphatic heterocycles. The van der Waals surface area contributed by atoms with E-state index in [2.05, 4.69) is 28.6 Å². The van der Waals surface area contributed by atoms with Crippen molar-refractivity contribution >= 4 is 48.0 Å². The number of unbranched alkanes of at least 4 members (excludes halogenated alkanes) is 22. The van der Waals surface area contributed by atoms with E-state index in [-0.39, 0.29) is 12.8 Å². The number of hydrogen-bond donors (Lipinski definition) is 9. The van der Waals surface area contributed by atoms with Crippen molar-refractivity contribution in [1.82, 2.24) is 0 Å². The largest absolute Gasteiger partial charge is 0.472 e. The fourth-order valence-corrected chi connectivity index (χ4v) is 9.41. The van der Waals surface area contributed by atoms with Crippen molar-refractivity contribution < 1.29 is 90.6 Å². The molecular weight excluding hydrogens is 897 g/mol. The van der Waals surface area contributed by atoms with Gasteiger partial charge in [0.25, 0.3) is 0 Å². The summed E-state index contributed by atoms with van der Waals surface area (Å²) >= 11 is 4.23. The lowest BCUT2D eigenvalue weighted by Crippen LogP contribution is -2.65. The molecule has 1 aliphatic carbocycles. The highest BCUT2D eigenvalue weighted by Crippen LogP contribution is 2.51. The van der Waals surface area contributed by atoms with Gasteiger partial charge in [0.1, 0.15) is 43.2 Å². The molecule has 0 amide bonds. The molecule has 0 aromatic carbocycles. The van der Waals surface area contributed by atoms with Crippen molar-refractivity contribution in [3.05, 3.63) is 0 Å². The van der Waals surface area contributed by atoms with Crippen molar-refractivity contribution in [3.8, 4) is 0 Å². The number of aliphatic hydroxyl groups excluding tert-OH is 3. The van der Waals surface area contributed by atoms with E-state index >= 15 is 0 Å². The number of phosphoric ester groups is 3. The van der Waals surface area contributed by atoms with Gasteiger partial charge in [-0.1, -0.05) is 142 Å². The van der Waals surface area contributed by atoms with Gasteiger partial charge < -0.3 is 49.3 Å². The maximum absolute atomic E-state index is 13.1. The second-order valence-corrected chi connectivity index (χ2v) is 20.3. The Kier molecular flexibility index (Phi) is 32.5. The molecule has 0 bridgehead atoms. The summed E-state index contributed by atoms with van der Waals surface area (Å²) in [7, 11) is -16.6. The number of thiol groups is 1. The Morgan fingerprint density at radius 2 is 0.871 bits per heavy atom. The van der Waals surface area contributed by atoms with E-state index in [0.717, 1.165) is 63.5 Å². The molecule has 1 rings (SSSR count). The van der Waals surface area contributed by atoms with Crippen LogP contribution in [0.4, 0.5) is 0 Å². The number of esters is 2. The lowest BCUT2D eigenvalue weighted by atomic mass is 9.85. The molecule has 4 unspecified atom stereocenters. The van der Waals surface area contributed by atoms with Crippen LogP contribution in [0.2, 0.25) is 0 Å². The number of phosphoric acid groups is 3. The minimum absolute atomic E-state index is 0.00269. The molecule has 1 aliphatic rings. The van der Waals surface area contributed by atoms with Gasteiger partial charge >= 0.3 is 35.4 Å². The molecule has 1 saturated carbocycles. The summed E-state index contributed by atoms with van der Waals surface area (Å²) in [6, 6.07) is 0. The van der Waals surface area contributed by atoms with Gasteiger partial charge in [0.15, 0.2) is 6.10 Å². The lowest BCUT2D eigenvalue weighted by molar-refractivity contribution is -0.213. The minimum Gasteiger partial charge on any atom is -0.462 e. The Morgan fingerprint density at radius 1 is 0.500 bits per heavy atom. The van der Waals surface area contributed by atoms with Gasteiger partial charge in [0.2, 0.25) is 0 Å². The number of carbonyl (C=O) groups excluding carboxylic acids is 2. The Morgan fingerprint density at radius 3 is 1.29 bits per heavy atom. The molecule has 0 heterocycles. The molecule has 8 N–H and O–H groups in total. The molecule has 368 valence electrons. The average molecular weight is 975 g/mol. The second kappa shape index (κ2) is 33.9. The van der Waals surface area contributed by atoms with Crippen LogP contribution in [0.3, 0.4) is 0 Å². The van der Waals surface area contributed by atoms with E-state index in [1.165, 1.54) is 83.5 Å². The van der Waals surface area contributed by atoms with Crippen molar-refractivity contribution in [1.29, 1.82) is 0 Å². The van der Waals surface area contributed by atoms with Gasteiger partial charge in [-0.2, -0.15) is 12.6 Å². The molecule has 23 heteroatoms. The first-order chi connectivity index (χ1) is 29.3. The van der Waals surface area contributed by atoms with Crippen molar-refractivity contribution in [3.63, 3.8) is 0 Å². The third-order valence-electron chi connectivity index (χ3n) is 10.5. The summed E-state index contributed by atoms with van der Waals surface area (Å²) in [4.78, 5) is 73.0. The standard InChI is InChI=1S/C39H77O19P3S/c1-2-3-4-5-6-7-8-9-11-15-18-21-24-27-33(41)55-31(29-53-32(40)26-23-20-17-14-12-10-13-16-19-22-25-28-62)30-54-61(51,52)58-37-34(42)35(43)38(56-59(45,46)47)39(36(37)44)57-60(48,49)50/h31,34-39,42-44,62H,2-30H2,1H3,(H,51,52)(H2,45,46,47)(H2,48,49,50)/t31-,34-,35+,36?,37?,38?,39-/m1/s1. The molecule has 62 heavy (non-hydrogen) atoms. The molecule has 1 fully saturated rings. The van der Waals surface area contributed by atoms with Crippen LogP contribution >= 0.6 is 36.1 Å². The number of ether oxygens (including phenoxy) is 2. The normalized spacial score (nSPS) is 22.3. The van der Waals surface area contributed by atoms with Gasteiger partial charge in [-0.25, -0.2) is 13.7 Å². The van der Waals surface area contributed by atoms with E-state index in [1.54, 1.807) is 0 Å². The van der Waals surface area contributed by atoms with Gasteiger partial charge in [-0.15, -0.1) is 0 Å². The Bertz CT molecular complexity index is 1340. The summed E-state index contributed by atoms with van der Waals surface area (Å²) in [5.41, 5.74) is 0. The average Bonchev–Trinajstić information content (AvgIpc) is 3.19. The zero-order valence-electron chi connectivity index (χ0n) is 36.4. The lowest BCUT2D eigenvalue weighted by Gasteiger charge is -2.44. The first-order valence-electron chi connectivity index (χ1n) is 22.4. The second-order valence-electron chi connectivity index (χ2n) is 16.1. The summed E-state index contributed by atoms with van der Waals surface area (Å²) in [6.45, 7) is 0.727. The van der Waals surface area contributed by atoms with E-state index in [4.69, 9.17) is 18.5 Å². The van der Waals surface area contributed by atoms with Crippen LogP contribution < -0.4 is 0 Å². The quantitative estimate of drug-likeness (QED) is 0.0128. The summed E-state index contributed by atoms with van der Waals surface area (Å²) < 4.78 is 65.3. The van der Waals surface area contributed by atoms with Crippen LogP contribution in [0.5, 0.6) is 0 Å². The molecule has 8 atom stereocenters. The van der Waals surface area contributed by atoms with Crippen molar-refractivity contribution in [2.24, 2.45) is 0 Å². The molecule has 0 aromatic rings. The highest BCUT2D eigenvalue weighted by atomic mass is 32.1. The topological polar surface area (TPSA) is 303 Å². The monoisotopic (exact) mass is 974 g/mol. The van der Waals surface area contributed by atoms with Crippen LogP contribution in [0.25, 0.3) is 0 Å². The van der Waals surface area contributed by atoms with E-state index in [0.29, 0.717) is 12.8 Å². The van der Waals surface area contributed by atoms with Crippen LogP contribution in [0.15, 0.2) is 0 Å². The molecule has 0 radical (unpaired) electrons. The zero-order valence-corrected chi connectivity index (χ0v) is 40.0. The summed E-state index contributed by atoms with van der Waals surface area (Å²) in [6.07, 6.45) is 9.71. The van der Waals surface area contributed by atoms with Gasteiger partial charge in [0.05, 0.1) is 6.61 Å². The maximum Gasteiger partial charge on any atom is 0.472 e. The number of carbonyl (C=O) groups is 2. The van der Waals surface area contributed by atoms with Gasteiger partial charge in [-0.05, 0) is 25.0 Å². The third kappa shape index (κ3) is 29.9. The number of hydrogen-bond acceptors (Lipinski definition) is 15. The van der Waals surface area contributed by atoms with Gasteiger partial charge in [0, 0.05) is 12.8 Å². The van der Waals surface area contributed by atoms with Crippen molar-refractivity contribution in [2.45, 2.75) is 217 Å². The minimum atomic E-state index is -5.59. The summed E-state index contributed by atoms with van der Waals surface area (Å²) in [5.74, 6) is -0.374. The van der Waals surface area contributed by atoms with E-state index in [9.17, 15) is 63.1 Å². The third-order valence-corrected chi connectivity index (χ3v) is 12.8. The molecule has 0 aromatic heterocycles. The smallest absolute Gasteiger partial charge is 0.462 e. The highest BCUT2D eigenvalue weighted by Gasteiger charge is 2.56. The van der Waals surface area contributed by atoms with Crippen molar-refractivity contribution in [2.75, 3.05) is 19.0 Å². The SMILES string of the molecule is CCCCCCCCCCCCCCCC(=O)O[C@H](COC(=O)CCCCCCCCCCCCCS)COP(=O)(O)OC1C(O)[C@@H](OP(=O)(O)O)C(OP(=O)(O)O)[C@@H](O)[C@H]1O. The Labute approximate surface area is 373 Å². The molecule has 0 saturated heterocycles. The van der Waals surface area contributed by atoms with Crippen LogP contribution in [0.1, 0.15) is 174 Å². The fraction of sp³-hybridized carbons (Fsp3) is 0.949. The van der Waals surface area contributed by atoms with Crippen LogP contribution in [-0.4, -0.2) is 113 Å². The zero-order chi connectivity index (χ0) is 46.4. The van der Waals surface area contributed by atoms with Crippen LogP contribution in [-0.2, 0) is 50.9 Å². The first-order valence-corrected chi connectivity index (χ1v) is 27.6. The fourth-order valence-electron chi connectivity index (χ4n) is 7.09. The molecular formula is C39H77O19P3S. The first kappa shape index (κ1) is 59.5. The predicted molar refractivity (Wildman–Crippen MR) is 233 cm³/mol. The number of rotatable bonds is 39. The summed E-state index contributed by atoms with van der Waals surface area (Å²) in [5, 5.41) is 31.8. The predicted octanol–water partition coefficient (Wildman–Crippen LogP) is 7.09. The highest BCUT2D eigenvalue weighted by molar-refractivity contribution is 7.80. The van der Waals surface area contributed by atoms with E-state index in [1.807, 2.05) is 0 Å². The Balaban J connectivity index is 2.76. The molecule has 0 spiro atoms. The van der Waals surface area contributed by atoms with Crippen LogP contribution in [0, 0.1) is 0 Å². The van der Waals surface area contributed by atoms with Gasteiger partial charge in [-0.3, -0.25) is 27.7 Å². The van der Waals surface area contributed by atoms with E-state index < -0.39 is 91.3 Å². The maximum atomic E-state index is 13.1. The Hall–Kier alpha value is -0.500. The molecule has 19 nitrogen and oxygen atoms in total.